The number of imide groups is 1. The lowest BCUT2D eigenvalue weighted by Gasteiger charge is -2.42. The lowest BCUT2D eigenvalue weighted by atomic mass is 9.69. The zero-order valence-corrected chi connectivity index (χ0v) is 28.2. The smallest absolute Gasteiger partial charge is 0.308 e. The van der Waals surface area contributed by atoms with Crippen molar-refractivity contribution in [2.45, 2.75) is 29.2 Å². The van der Waals surface area contributed by atoms with Crippen LogP contribution in [0.5, 0.6) is 0 Å². The second-order valence-corrected chi connectivity index (χ2v) is 16.1. The van der Waals surface area contributed by atoms with Gasteiger partial charge in [-0.1, -0.05) is 81.3 Å². The van der Waals surface area contributed by atoms with E-state index in [4.69, 9.17) is 16.0 Å². The number of carbonyl (C=O) groups is 2. The molecular weight excluding hydrogens is 704 g/mol. The van der Waals surface area contributed by atoms with Crippen LogP contribution < -0.4 is 9.77 Å². The standard InChI is InChI=1S/C36H26BrClN2O4S2/c37-20-8-6-19(7-9-20)25-14-15-26(44-25)30-27-23-16-24(29-28(23)33(41)40(34(29)42)22-12-10-21(38)11-13-22)31(27)45-35-32(30)46-36(43)39(35)17-18-4-2-1-3-5-18/h1-15,23-24,27-31H,16-17H2/t23-,24+,27-,28+,29+,30+,31-/m0/s1. The molecular formula is C36H26BrClN2O4S2. The lowest BCUT2D eigenvalue weighted by molar-refractivity contribution is -0.123. The number of hydrogen-bond acceptors (Lipinski definition) is 6. The number of anilines is 1. The van der Waals surface area contributed by atoms with Gasteiger partial charge in [0.1, 0.15) is 11.5 Å². The van der Waals surface area contributed by atoms with E-state index in [1.54, 1.807) is 36.0 Å². The fourth-order valence-electron chi connectivity index (χ4n) is 8.47. The molecule has 2 bridgehead atoms. The highest BCUT2D eigenvalue weighted by Crippen LogP contribution is 2.69. The average Bonchev–Trinajstić information content (AvgIpc) is 3.87. The third-order valence-electron chi connectivity index (χ3n) is 10.3. The molecule has 0 N–H and O–H groups in total. The number of amides is 2. The van der Waals surface area contributed by atoms with Crippen molar-refractivity contribution in [3.8, 4) is 11.3 Å². The Bertz CT molecular complexity index is 2070. The van der Waals surface area contributed by atoms with Gasteiger partial charge >= 0.3 is 4.87 Å². The van der Waals surface area contributed by atoms with E-state index >= 15 is 0 Å². The zero-order chi connectivity index (χ0) is 31.3. The molecule has 2 aromatic heterocycles. The van der Waals surface area contributed by atoms with E-state index in [9.17, 15) is 14.4 Å². The normalized spacial score (nSPS) is 27.6. The maximum absolute atomic E-state index is 14.1. The first kappa shape index (κ1) is 28.8. The third-order valence-corrected chi connectivity index (χ3v) is 13.9. The molecule has 1 saturated heterocycles. The van der Waals surface area contributed by atoms with Gasteiger partial charge in [-0.25, -0.2) is 0 Å². The van der Waals surface area contributed by atoms with Gasteiger partial charge in [-0.3, -0.25) is 23.9 Å². The minimum atomic E-state index is -0.386. The topological polar surface area (TPSA) is 72.5 Å². The molecule has 5 aromatic rings. The molecule has 2 saturated carbocycles. The second-order valence-electron chi connectivity index (χ2n) is 12.6. The average molecular weight is 730 g/mol. The summed E-state index contributed by atoms with van der Waals surface area (Å²) >= 11 is 12.7. The van der Waals surface area contributed by atoms with E-state index in [2.05, 4.69) is 15.9 Å². The summed E-state index contributed by atoms with van der Waals surface area (Å²) in [4.78, 5) is 44.2. The molecule has 10 heteroatoms. The van der Waals surface area contributed by atoms with Gasteiger partial charge in [-0.15, -0.1) is 11.8 Å². The summed E-state index contributed by atoms with van der Waals surface area (Å²) in [7, 11) is 0. The monoisotopic (exact) mass is 728 g/mol. The van der Waals surface area contributed by atoms with Crippen LogP contribution >= 0.6 is 50.6 Å². The van der Waals surface area contributed by atoms with Crippen LogP contribution in [0.25, 0.3) is 11.3 Å². The summed E-state index contributed by atoms with van der Waals surface area (Å²) in [5, 5.41) is 1.59. The number of rotatable bonds is 5. The molecule has 7 atom stereocenters. The van der Waals surface area contributed by atoms with E-state index in [1.807, 2.05) is 71.3 Å². The fraction of sp³-hybridized carbons (Fsp3) is 0.250. The Morgan fingerprint density at radius 3 is 2.30 bits per heavy atom. The molecule has 4 heterocycles. The van der Waals surface area contributed by atoms with Gasteiger partial charge in [0.05, 0.1) is 39.9 Å². The van der Waals surface area contributed by atoms with E-state index < -0.39 is 0 Å². The Morgan fingerprint density at radius 1 is 0.848 bits per heavy atom. The van der Waals surface area contributed by atoms with Gasteiger partial charge in [-0.2, -0.15) is 0 Å². The first-order valence-corrected chi connectivity index (χ1v) is 18.2. The molecule has 6 nitrogen and oxygen atoms in total. The van der Waals surface area contributed by atoms with E-state index in [0.717, 1.165) is 43.4 Å². The number of nitrogens with zero attached hydrogens (tertiary/aromatic N) is 2. The summed E-state index contributed by atoms with van der Waals surface area (Å²) in [5.74, 6) is 0.457. The fourth-order valence-corrected chi connectivity index (χ4v) is 12.0. The summed E-state index contributed by atoms with van der Waals surface area (Å²) < 4.78 is 9.53. The van der Waals surface area contributed by atoms with Gasteiger partial charge < -0.3 is 4.42 Å². The minimum absolute atomic E-state index is 0.000349. The Hall–Kier alpha value is -3.37. The maximum atomic E-state index is 14.1. The number of aromatic nitrogens is 1. The van der Waals surface area contributed by atoms with Crippen LogP contribution in [0.1, 0.15) is 28.5 Å². The van der Waals surface area contributed by atoms with Crippen LogP contribution in [0.15, 0.2) is 110 Å². The Labute approximate surface area is 286 Å². The van der Waals surface area contributed by atoms with E-state index in [0.29, 0.717) is 17.3 Å². The van der Waals surface area contributed by atoms with Gasteiger partial charge in [-0.05, 0) is 78.3 Å². The van der Waals surface area contributed by atoms with Crippen LogP contribution in [0, 0.1) is 29.6 Å². The van der Waals surface area contributed by atoms with Crippen molar-refractivity contribution in [3.63, 3.8) is 0 Å². The van der Waals surface area contributed by atoms with Crippen molar-refractivity contribution in [1.29, 1.82) is 0 Å². The largest absolute Gasteiger partial charge is 0.460 e. The number of carbonyl (C=O) groups excluding carboxylic acids is 2. The van der Waals surface area contributed by atoms with Gasteiger partial charge in [0.25, 0.3) is 0 Å². The first-order chi connectivity index (χ1) is 22.4. The molecule has 2 aliphatic heterocycles. The van der Waals surface area contributed by atoms with Crippen LogP contribution in [0.2, 0.25) is 5.02 Å². The molecule has 0 radical (unpaired) electrons. The number of benzene rings is 3. The first-order valence-electron chi connectivity index (χ1n) is 15.3. The summed E-state index contributed by atoms with van der Waals surface area (Å²) in [5.41, 5.74) is 2.60. The number of thiazole rings is 1. The molecule has 230 valence electrons. The van der Waals surface area contributed by atoms with Crippen molar-refractivity contribution < 1.29 is 14.0 Å². The maximum Gasteiger partial charge on any atom is 0.308 e. The van der Waals surface area contributed by atoms with Crippen LogP contribution in [-0.2, 0) is 16.1 Å². The highest BCUT2D eigenvalue weighted by atomic mass is 79.9. The molecule has 4 aliphatic rings. The van der Waals surface area contributed by atoms with Crippen molar-refractivity contribution in [2.75, 3.05) is 4.90 Å². The third kappa shape index (κ3) is 4.31. The number of halogens is 2. The van der Waals surface area contributed by atoms with Gasteiger partial charge in [0, 0.05) is 20.3 Å². The molecule has 3 aromatic carbocycles. The Morgan fingerprint density at radius 2 is 1.57 bits per heavy atom. The van der Waals surface area contributed by atoms with Gasteiger partial charge in [0.2, 0.25) is 11.8 Å². The van der Waals surface area contributed by atoms with Crippen molar-refractivity contribution in [2.24, 2.45) is 29.6 Å². The molecule has 0 unspecified atom stereocenters. The lowest BCUT2D eigenvalue weighted by Crippen LogP contribution is -2.43. The predicted octanol–water partition coefficient (Wildman–Crippen LogP) is 8.31. The summed E-state index contributed by atoms with van der Waals surface area (Å²) in [6, 6.07) is 29.0. The molecule has 9 rings (SSSR count). The number of fused-ring (bicyclic) bond motifs is 9. The van der Waals surface area contributed by atoms with Crippen LogP contribution in [0.3, 0.4) is 0 Å². The Kier molecular flexibility index (Phi) is 6.79. The molecule has 0 spiro atoms. The highest BCUT2D eigenvalue weighted by molar-refractivity contribution is 9.10. The second kappa shape index (κ2) is 10.8. The zero-order valence-electron chi connectivity index (χ0n) is 24.2. The molecule has 2 amide bonds. The quantitative estimate of drug-likeness (QED) is 0.170. The van der Waals surface area contributed by atoms with Crippen LogP contribution in [-0.4, -0.2) is 21.6 Å². The number of furan rings is 1. The minimum Gasteiger partial charge on any atom is -0.460 e. The van der Waals surface area contributed by atoms with Crippen LogP contribution in [0.4, 0.5) is 5.69 Å². The number of hydrogen-bond donors (Lipinski definition) is 0. The van der Waals surface area contributed by atoms with E-state index in [1.165, 1.54) is 16.2 Å². The molecule has 2 aliphatic carbocycles. The predicted molar refractivity (Wildman–Crippen MR) is 183 cm³/mol. The SMILES string of the molecule is O=C1[C@@H]2[C@H]3C[C@@H]([C@@H]4Sc5c(sc(=O)n5Cc5ccccc5)[C@H](c5ccc(-c6ccc(Br)cc6)o5)[C@H]34)[C@H]2C(=O)N1c1ccc(Cl)cc1. The number of thioether (sulfide) groups is 1. The summed E-state index contributed by atoms with van der Waals surface area (Å²) in [6.45, 7) is 0.479. The van der Waals surface area contributed by atoms with Crippen molar-refractivity contribution in [1.82, 2.24) is 4.57 Å². The highest BCUT2D eigenvalue weighted by Gasteiger charge is 2.70. The van der Waals surface area contributed by atoms with Gasteiger partial charge in [0.15, 0.2) is 0 Å². The molecule has 3 fully saturated rings. The summed E-state index contributed by atoms with van der Waals surface area (Å²) in [6.07, 6.45) is 0.818. The van der Waals surface area contributed by atoms with E-state index in [-0.39, 0.29) is 57.4 Å². The van der Waals surface area contributed by atoms with Crippen molar-refractivity contribution in [3.05, 3.63) is 126 Å². The Balaban J connectivity index is 1.15. The van der Waals surface area contributed by atoms with Crippen molar-refractivity contribution >= 4 is 68.1 Å². The molecule has 46 heavy (non-hydrogen) atoms.